The van der Waals surface area contributed by atoms with Crippen LogP contribution in [0.3, 0.4) is 0 Å². The third kappa shape index (κ3) is 2.35. The van der Waals surface area contributed by atoms with Gasteiger partial charge in [0, 0.05) is 12.6 Å². The Balaban J connectivity index is 2.33. The highest BCUT2D eigenvalue weighted by Crippen LogP contribution is 2.33. The molecule has 3 rings (SSSR count). The number of hydrogen-bond acceptors (Lipinski definition) is 3. The fraction of sp³-hybridized carbons (Fsp3) is 0.0667. The monoisotopic (exact) mass is 316 g/mol. The molecule has 0 aliphatic rings. The lowest BCUT2D eigenvalue weighted by Crippen LogP contribution is -2.18. The number of nitrogens with one attached hydrogen (secondary N) is 1. The van der Waals surface area contributed by atoms with Gasteiger partial charge in [-0.05, 0) is 24.3 Å². The summed E-state index contributed by atoms with van der Waals surface area (Å²) < 4.78 is 18.8. The highest BCUT2D eigenvalue weighted by Gasteiger charge is 2.23. The Morgan fingerprint density at radius 3 is 2.68 bits per heavy atom. The van der Waals surface area contributed by atoms with Gasteiger partial charge >= 0.3 is 0 Å². The third-order valence-electron chi connectivity index (χ3n) is 3.37. The van der Waals surface area contributed by atoms with Gasteiger partial charge in [-0.3, -0.25) is 4.79 Å². The number of amides is 1. The van der Waals surface area contributed by atoms with Crippen molar-refractivity contribution in [2.24, 2.45) is 0 Å². The van der Waals surface area contributed by atoms with Crippen LogP contribution >= 0.6 is 11.6 Å². The SMILES string of the molecule is Bc1cc2c(C(=O)NC)c(-c3ccc(F)cc3)oc2nc1Cl. The normalized spacial score (nSPS) is 10.9. The van der Waals surface area contributed by atoms with Crippen molar-refractivity contribution in [3.63, 3.8) is 0 Å². The maximum absolute atomic E-state index is 13.1. The van der Waals surface area contributed by atoms with E-state index >= 15 is 0 Å². The van der Waals surface area contributed by atoms with E-state index in [2.05, 4.69) is 10.3 Å². The van der Waals surface area contributed by atoms with Crippen LogP contribution in [0.2, 0.25) is 5.15 Å². The molecule has 1 amide bonds. The van der Waals surface area contributed by atoms with Crippen molar-refractivity contribution < 1.29 is 13.6 Å². The van der Waals surface area contributed by atoms with E-state index in [1.54, 1.807) is 26.0 Å². The summed E-state index contributed by atoms with van der Waals surface area (Å²) in [7, 11) is 3.33. The molecule has 0 fully saturated rings. The summed E-state index contributed by atoms with van der Waals surface area (Å²) in [6.07, 6.45) is 0. The van der Waals surface area contributed by atoms with Crippen LogP contribution in [-0.4, -0.2) is 25.8 Å². The molecule has 2 heterocycles. The second-order valence-corrected chi connectivity index (χ2v) is 5.20. The molecule has 0 unspecified atom stereocenters. The van der Waals surface area contributed by atoms with Crippen molar-refractivity contribution in [1.82, 2.24) is 10.3 Å². The van der Waals surface area contributed by atoms with Crippen molar-refractivity contribution in [2.75, 3.05) is 7.05 Å². The molecule has 1 aromatic carbocycles. The number of furan rings is 1. The lowest BCUT2D eigenvalue weighted by atomic mass is 9.96. The van der Waals surface area contributed by atoms with Crippen LogP contribution in [-0.2, 0) is 0 Å². The zero-order chi connectivity index (χ0) is 15.9. The van der Waals surface area contributed by atoms with E-state index in [1.165, 1.54) is 19.2 Å². The summed E-state index contributed by atoms with van der Waals surface area (Å²) in [6.45, 7) is 0. The van der Waals surface area contributed by atoms with Gasteiger partial charge in [0.05, 0.1) is 10.9 Å². The molecular formula is C15H11BClFN2O2. The number of nitrogens with zero attached hydrogens (tertiary/aromatic N) is 1. The van der Waals surface area contributed by atoms with Gasteiger partial charge in [0.2, 0.25) is 5.71 Å². The number of pyridine rings is 1. The Morgan fingerprint density at radius 2 is 2.05 bits per heavy atom. The average molecular weight is 317 g/mol. The van der Waals surface area contributed by atoms with E-state index < -0.39 is 0 Å². The molecule has 0 saturated carbocycles. The van der Waals surface area contributed by atoms with Crippen LogP contribution < -0.4 is 10.8 Å². The van der Waals surface area contributed by atoms with Gasteiger partial charge in [-0.2, -0.15) is 0 Å². The number of hydrogen-bond donors (Lipinski definition) is 1. The Hall–Kier alpha value is -2.34. The molecule has 4 nitrogen and oxygen atoms in total. The summed E-state index contributed by atoms with van der Waals surface area (Å²) in [6, 6.07) is 7.47. The average Bonchev–Trinajstić information content (AvgIpc) is 2.86. The molecule has 1 N–H and O–H groups in total. The highest BCUT2D eigenvalue weighted by atomic mass is 35.5. The molecular weight excluding hydrogens is 305 g/mol. The summed E-state index contributed by atoms with van der Waals surface area (Å²) in [4.78, 5) is 16.4. The van der Waals surface area contributed by atoms with E-state index in [4.69, 9.17) is 16.0 Å². The first kappa shape index (κ1) is 14.6. The van der Waals surface area contributed by atoms with Crippen LogP contribution in [0, 0.1) is 5.82 Å². The first-order valence-corrected chi connectivity index (χ1v) is 6.96. The minimum absolute atomic E-state index is 0.272. The quantitative estimate of drug-likeness (QED) is 0.580. The number of carbonyl (C=O) groups excluding carboxylic acids is 1. The van der Waals surface area contributed by atoms with E-state index in [0.29, 0.717) is 27.4 Å². The fourth-order valence-corrected chi connectivity index (χ4v) is 2.39. The molecule has 0 radical (unpaired) electrons. The number of benzene rings is 1. The van der Waals surface area contributed by atoms with Gasteiger partial charge < -0.3 is 9.73 Å². The zero-order valence-electron chi connectivity index (χ0n) is 11.9. The van der Waals surface area contributed by atoms with Crippen molar-refractivity contribution in [3.05, 3.63) is 46.9 Å². The topological polar surface area (TPSA) is 55.1 Å². The predicted octanol–water partition coefficient (Wildman–Crippen LogP) is 1.91. The van der Waals surface area contributed by atoms with Gasteiger partial charge in [-0.25, -0.2) is 9.37 Å². The van der Waals surface area contributed by atoms with Gasteiger partial charge in [-0.15, -0.1) is 0 Å². The molecule has 110 valence electrons. The van der Waals surface area contributed by atoms with Gasteiger partial charge in [0.25, 0.3) is 5.91 Å². The van der Waals surface area contributed by atoms with Crippen LogP contribution in [0.5, 0.6) is 0 Å². The lowest BCUT2D eigenvalue weighted by molar-refractivity contribution is 0.0964. The maximum atomic E-state index is 13.1. The standard InChI is InChI=1S/C15H11BClFN2O2/c1-19-14(21)11-9-6-10(16)13(17)20-15(9)22-12(11)7-2-4-8(18)5-3-7/h2-6H,16H2,1H3,(H,19,21). The fourth-order valence-electron chi connectivity index (χ4n) is 2.26. The lowest BCUT2D eigenvalue weighted by Gasteiger charge is -2.02. The van der Waals surface area contributed by atoms with Crippen LogP contribution in [0.1, 0.15) is 10.4 Å². The Kier molecular flexibility index (Phi) is 3.62. The molecule has 7 heteroatoms. The van der Waals surface area contributed by atoms with Crippen molar-refractivity contribution in [1.29, 1.82) is 0 Å². The zero-order valence-corrected chi connectivity index (χ0v) is 12.7. The first-order valence-electron chi connectivity index (χ1n) is 6.59. The molecule has 0 aliphatic heterocycles. The summed E-state index contributed by atoms with van der Waals surface area (Å²) in [5, 5.41) is 3.47. The molecule has 0 bridgehead atoms. The van der Waals surface area contributed by atoms with Gasteiger partial charge in [-0.1, -0.05) is 23.1 Å². The van der Waals surface area contributed by atoms with Crippen LogP contribution in [0.4, 0.5) is 4.39 Å². The van der Waals surface area contributed by atoms with Crippen molar-refractivity contribution >= 4 is 41.9 Å². The van der Waals surface area contributed by atoms with Crippen LogP contribution in [0.15, 0.2) is 34.7 Å². The smallest absolute Gasteiger partial charge is 0.255 e. The Labute approximate surface area is 131 Å². The predicted molar refractivity (Wildman–Crippen MR) is 86.0 cm³/mol. The molecule has 0 spiro atoms. The highest BCUT2D eigenvalue weighted by molar-refractivity contribution is 6.45. The Bertz CT molecular complexity index is 877. The van der Waals surface area contributed by atoms with E-state index in [1.807, 2.05) is 0 Å². The largest absolute Gasteiger partial charge is 0.437 e. The van der Waals surface area contributed by atoms with Crippen molar-refractivity contribution in [3.8, 4) is 11.3 Å². The molecule has 3 aromatic rings. The molecule has 0 aliphatic carbocycles. The number of rotatable bonds is 2. The van der Waals surface area contributed by atoms with E-state index in [0.717, 1.165) is 5.46 Å². The first-order chi connectivity index (χ1) is 10.5. The van der Waals surface area contributed by atoms with E-state index in [-0.39, 0.29) is 17.4 Å². The second kappa shape index (κ2) is 5.46. The molecule has 0 saturated heterocycles. The van der Waals surface area contributed by atoms with Crippen molar-refractivity contribution in [2.45, 2.75) is 0 Å². The van der Waals surface area contributed by atoms with Gasteiger partial charge in [0.1, 0.15) is 24.6 Å². The minimum Gasteiger partial charge on any atom is -0.437 e. The van der Waals surface area contributed by atoms with Crippen LogP contribution in [0.25, 0.3) is 22.4 Å². The molecule has 0 atom stereocenters. The number of halogens is 2. The summed E-state index contributed by atoms with van der Waals surface area (Å²) in [5.41, 5.74) is 1.96. The maximum Gasteiger partial charge on any atom is 0.255 e. The number of fused-ring (bicyclic) bond motifs is 1. The van der Waals surface area contributed by atoms with E-state index in [9.17, 15) is 9.18 Å². The number of carbonyl (C=O) groups is 1. The third-order valence-corrected chi connectivity index (χ3v) is 3.75. The Morgan fingerprint density at radius 1 is 1.36 bits per heavy atom. The minimum atomic E-state index is -0.363. The number of aromatic nitrogens is 1. The summed E-state index contributed by atoms with van der Waals surface area (Å²) >= 11 is 6.01. The molecule has 22 heavy (non-hydrogen) atoms. The van der Waals surface area contributed by atoms with Gasteiger partial charge in [0.15, 0.2) is 0 Å². The second-order valence-electron chi connectivity index (χ2n) is 4.84. The summed E-state index contributed by atoms with van der Waals surface area (Å²) in [5.74, 6) is -0.330. The molecule has 2 aromatic heterocycles.